The summed E-state index contributed by atoms with van der Waals surface area (Å²) in [4.78, 5) is 9.65. The van der Waals surface area contributed by atoms with Crippen LogP contribution in [-0.2, 0) is 29.6 Å². The van der Waals surface area contributed by atoms with Crippen LogP contribution in [0.5, 0.6) is 0 Å². The third kappa shape index (κ3) is 18.7. The Hall–Kier alpha value is -0.820. The summed E-state index contributed by atoms with van der Waals surface area (Å²) in [6, 6.07) is 5.67. The molecule has 1 aromatic heterocycles. The highest BCUT2D eigenvalue weighted by atomic mass is 31.2. The van der Waals surface area contributed by atoms with Gasteiger partial charge in [-0.25, -0.2) is 9.13 Å². The number of hydrogen-bond acceptors (Lipinski definition) is 5. The number of aromatic nitrogens is 1. The Labute approximate surface area is 195 Å². The van der Waals surface area contributed by atoms with E-state index in [9.17, 15) is 9.46 Å². The molecular formula is C24H45NO6P+. The van der Waals surface area contributed by atoms with Crippen LogP contribution >= 0.6 is 7.82 Å². The summed E-state index contributed by atoms with van der Waals surface area (Å²) in [5.41, 5.74) is 0. The normalized spacial score (nSPS) is 13.3. The fourth-order valence-electron chi connectivity index (χ4n) is 3.28. The molecule has 0 bridgehead atoms. The highest BCUT2D eigenvalue weighted by Crippen LogP contribution is 2.42. The average molecular weight is 475 g/mol. The topological polar surface area (TPSA) is 78.1 Å². The van der Waals surface area contributed by atoms with Crippen molar-refractivity contribution in [3.63, 3.8) is 0 Å². The Morgan fingerprint density at radius 3 is 1.78 bits per heavy atom. The van der Waals surface area contributed by atoms with Gasteiger partial charge in [0, 0.05) is 18.7 Å². The van der Waals surface area contributed by atoms with Gasteiger partial charge in [-0.1, -0.05) is 77.2 Å². The lowest BCUT2D eigenvalue weighted by Crippen LogP contribution is -2.34. The van der Waals surface area contributed by atoms with Gasteiger partial charge < -0.3 is 14.4 Å². The standard InChI is InChI=1S/C24H44NO6P/c1-2-3-4-5-6-7-8-9-10-11-15-19-28-21-22-29-23-24-31-32(26,27)30-20-18-25-16-13-12-14-17-25/h12-14,16-17H,2-11,15,18-24H2,1H3/p+1. The number of nitrogens with zero attached hydrogens (tertiary/aromatic N) is 1. The third-order valence-corrected chi connectivity index (χ3v) is 6.15. The maximum atomic E-state index is 11.8. The summed E-state index contributed by atoms with van der Waals surface area (Å²) >= 11 is 0. The van der Waals surface area contributed by atoms with Gasteiger partial charge in [-0.2, -0.15) is 0 Å². The Morgan fingerprint density at radius 1 is 0.656 bits per heavy atom. The molecule has 0 spiro atoms. The van der Waals surface area contributed by atoms with Crippen LogP contribution in [0.15, 0.2) is 30.6 Å². The van der Waals surface area contributed by atoms with Crippen LogP contribution in [0.4, 0.5) is 0 Å². The van der Waals surface area contributed by atoms with Crippen molar-refractivity contribution in [2.24, 2.45) is 0 Å². The predicted molar refractivity (Wildman–Crippen MR) is 126 cm³/mol. The van der Waals surface area contributed by atoms with Gasteiger partial charge in [-0.15, -0.1) is 0 Å². The largest absolute Gasteiger partial charge is 0.472 e. The summed E-state index contributed by atoms with van der Waals surface area (Å²) in [6.45, 7) is 4.79. The van der Waals surface area contributed by atoms with E-state index >= 15 is 0 Å². The average Bonchev–Trinajstić information content (AvgIpc) is 2.79. The van der Waals surface area contributed by atoms with Crippen LogP contribution in [-0.4, -0.2) is 44.5 Å². The molecule has 0 radical (unpaired) electrons. The fraction of sp³-hybridized carbons (Fsp3) is 0.792. The van der Waals surface area contributed by atoms with E-state index in [1.165, 1.54) is 64.2 Å². The van der Waals surface area contributed by atoms with Gasteiger partial charge in [-0.05, 0) is 6.42 Å². The molecule has 0 fully saturated rings. The minimum Gasteiger partial charge on any atom is -0.379 e. The molecule has 0 saturated carbocycles. The lowest BCUT2D eigenvalue weighted by atomic mass is 10.1. The van der Waals surface area contributed by atoms with Crippen molar-refractivity contribution in [2.75, 3.05) is 39.6 Å². The zero-order valence-corrected chi connectivity index (χ0v) is 20.9. The van der Waals surface area contributed by atoms with E-state index < -0.39 is 7.82 Å². The zero-order chi connectivity index (χ0) is 23.2. The fourth-order valence-corrected chi connectivity index (χ4v) is 3.98. The Morgan fingerprint density at radius 2 is 1.16 bits per heavy atom. The van der Waals surface area contributed by atoms with Crippen LogP contribution < -0.4 is 4.57 Å². The summed E-state index contributed by atoms with van der Waals surface area (Å²) < 4.78 is 34.4. The van der Waals surface area contributed by atoms with Gasteiger partial charge in [0.25, 0.3) is 0 Å². The number of pyridine rings is 1. The van der Waals surface area contributed by atoms with Crippen LogP contribution in [0, 0.1) is 0 Å². The number of ether oxygens (including phenoxy) is 2. The summed E-state index contributed by atoms with van der Waals surface area (Å²) in [5.74, 6) is 0. The first-order valence-corrected chi connectivity index (χ1v) is 13.8. The van der Waals surface area contributed by atoms with Crippen LogP contribution in [0.25, 0.3) is 0 Å². The maximum Gasteiger partial charge on any atom is 0.472 e. The van der Waals surface area contributed by atoms with Crippen molar-refractivity contribution in [1.29, 1.82) is 0 Å². The smallest absolute Gasteiger partial charge is 0.379 e. The minimum atomic E-state index is -4.05. The van der Waals surface area contributed by atoms with Crippen LogP contribution in [0.2, 0.25) is 0 Å². The number of phosphoric acid groups is 1. The van der Waals surface area contributed by atoms with Gasteiger partial charge in [0.1, 0.15) is 6.61 Å². The van der Waals surface area contributed by atoms with Gasteiger partial charge in [-0.3, -0.25) is 9.05 Å². The molecule has 1 N–H and O–H groups in total. The van der Waals surface area contributed by atoms with Gasteiger partial charge in [0.05, 0.1) is 26.4 Å². The molecule has 1 atom stereocenters. The molecule has 186 valence electrons. The van der Waals surface area contributed by atoms with Crippen molar-refractivity contribution < 1.29 is 32.5 Å². The lowest BCUT2D eigenvalue weighted by molar-refractivity contribution is -0.697. The Kier molecular flexibility index (Phi) is 19.0. The minimum absolute atomic E-state index is 0.00482. The van der Waals surface area contributed by atoms with E-state index in [4.69, 9.17) is 18.5 Å². The molecule has 8 heteroatoms. The molecule has 0 amide bonds. The molecule has 1 rings (SSSR count). The highest BCUT2D eigenvalue weighted by Gasteiger charge is 2.21. The van der Waals surface area contributed by atoms with Crippen molar-refractivity contribution in [3.05, 3.63) is 30.6 Å². The second-order valence-electron chi connectivity index (χ2n) is 8.01. The van der Waals surface area contributed by atoms with E-state index in [1.807, 2.05) is 35.2 Å². The van der Waals surface area contributed by atoms with E-state index in [2.05, 4.69) is 6.92 Å². The van der Waals surface area contributed by atoms with Gasteiger partial charge >= 0.3 is 7.82 Å². The van der Waals surface area contributed by atoms with Crippen molar-refractivity contribution >= 4 is 7.82 Å². The molecule has 0 aliphatic carbocycles. The quantitative estimate of drug-likeness (QED) is 0.129. The number of unbranched alkanes of at least 4 members (excludes halogenated alkanes) is 10. The monoisotopic (exact) mass is 474 g/mol. The molecule has 1 heterocycles. The Bertz CT molecular complexity index is 575. The summed E-state index contributed by atoms with van der Waals surface area (Å²) in [7, 11) is -4.05. The number of phosphoric ester groups is 1. The van der Waals surface area contributed by atoms with E-state index in [1.54, 1.807) is 0 Å². The molecule has 32 heavy (non-hydrogen) atoms. The van der Waals surface area contributed by atoms with E-state index in [-0.39, 0.29) is 19.8 Å². The molecule has 1 aromatic rings. The van der Waals surface area contributed by atoms with E-state index in [0.29, 0.717) is 19.8 Å². The Balaban J connectivity index is 1.79. The molecule has 7 nitrogen and oxygen atoms in total. The molecule has 0 saturated heterocycles. The third-order valence-electron chi connectivity index (χ3n) is 5.13. The SMILES string of the molecule is CCCCCCCCCCCCCOCCOCCOP(=O)(O)OCC[n+]1ccccc1. The lowest BCUT2D eigenvalue weighted by Gasteiger charge is -2.11. The molecular weight excluding hydrogens is 429 g/mol. The van der Waals surface area contributed by atoms with Crippen LogP contribution in [0.1, 0.15) is 77.6 Å². The summed E-state index contributed by atoms with van der Waals surface area (Å²) in [5, 5.41) is 0. The van der Waals surface area contributed by atoms with E-state index in [0.717, 1.165) is 13.0 Å². The first-order valence-electron chi connectivity index (χ1n) is 12.4. The first-order chi connectivity index (χ1) is 15.6. The zero-order valence-electron chi connectivity index (χ0n) is 20.0. The highest BCUT2D eigenvalue weighted by molar-refractivity contribution is 7.47. The van der Waals surface area contributed by atoms with Crippen molar-refractivity contribution in [1.82, 2.24) is 0 Å². The predicted octanol–water partition coefficient (Wildman–Crippen LogP) is 5.45. The first kappa shape index (κ1) is 29.2. The molecule has 0 aliphatic heterocycles. The van der Waals surface area contributed by atoms with Crippen molar-refractivity contribution in [2.45, 2.75) is 84.1 Å². The van der Waals surface area contributed by atoms with Crippen molar-refractivity contribution in [3.8, 4) is 0 Å². The second-order valence-corrected chi connectivity index (χ2v) is 9.46. The molecule has 1 unspecified atom stereocenters. The number of rotatable bonds is 23. The summed E-state index contributed by atoms with van der Waals surface area (Å²) in [6.07, 6.45) is 18.3. The number of hydrogen-bond donors (Lipinski definition) is 1. The maximum absolute atomic E-state index is 11.8. The second kappa shape index (κ2) is 20.8. The van der Waals surface area contributed by atoms with Crippen LogP contribution in [0.3, 0.4) is 0 Å². The van der Waals surface area contributed by atoms with Gasteiger partial charge in [0.15, 0.2) is 18.9 Å². The van der Waals surface area contributed by atoms with Gasteiger partial charge in [0.2, 0.25) is 0 Å². The molecule has 0 aromatic carbocycles. The molecule has 0 aliphatic rings.